The summed E-state index contributed by atoms with van der Waals surface area (Å²) in [5, 5.41) is 6.44. The quantitative estimate of drug-likeness (QED) is 0.367. The van der Waals surface area contributed by atoms with Crippen LogP contribution in [-0.2, 0) is 0 Å². The first-order valence-electron chi connectivity index (χ1n) is 11.3. The van der Waals surface area contributed by atoms with Crippen LogP contribution >= 0.6 is 22.9 Å². The average molecular weight is 477 g/mol. The Kier molecular flexibility index (Phi) is 4.87. The monoisotopic (exact) mass is 476 g/mol. The van der Waals surface area contributed by atoms with Crippen molar-refractivity contribution in [3.63, 3.8) is 0 Å². The van der Waals surface area contributed by atoms with Gasteiger partial charge in [-0.1, -0.05) is 29.3 Å². The van der Waals surface area contributed by atoms with Crippen molar-refractivity contribution in [1.29, 1.82) is 0 Å². The topological polar surface area (TPSA) is 41.4 Å². The Morgan fingerprint density at radius 3 is 2.70 bits per heavy atom. The summed E-state index contributed by atoms with van der Waals surface area (Å²) in [6.45, 7) is 6.12. The molecule has 4 aromatic rings. The number of rotatable bonds is 2. The number of hydrogen-bond donors (Lipinski definition) is 0. The van der Waals surface area contributed by atoms with E-state index in [0.717, 1.165) is 51.7 Å². The molecule has 5 nitrogen and oxygen atoms in total. The molecule has 0 saturated carbocycles. The number of hydrogen-bond acceptors (Lipinski definition) is 4. The minimum atomic E-state index is 0.0976. The number of likely N-dealkylation sites (tertiary alicyclic amines) is 1. The molecule has 0 bridgehead atoms. The first-order valence-corrected chi connectivity index (χ1v) is 12.5. The molecule has 4 heterocycles. The summed E-state index contributed by atoms with van der Waals surface area (Å²) >= 11 is 7.60. The van der Waals surface area contributed by atoms with Gasteiger partial charge in [-0.3, -0.25) is 4.79 Å². The molecule has 0 unspecified atom stereocenters. The molecule has 2 aromatic carbocycles. The lowest BCUT2D eigenvalue weighted by Gasteiger charge is -2.36. The van der Waals surface area contributed by atoms with Crippen LogP contribution in [0.1, 0.15) is 38.8 Å². The fourth-order valence-electron chi connectivity index (χ4n) is 5.37. The molecule has 0 aliphatic carbocycles. The third-order valence-electron chi connectivity index (χ3n) is 7.00. The summed E-state index contributed by atoms with van der Waals surface area (Å²) in [4.78, 5) is 20.2. The van der Waals surface area contributed by atoms with E-state index in [1.807, 2.05) is 41.9 Å². The van der Waals surface area contributed by atoms with Gasteiger partial charge in [-0.2, -0.15) is 5.10 Å². The third-order valence-corrected chi connectivity index (χ3v) is 8.35. The van der Waals surface area contributed by atoms with Crippen molar-refractivity contribution in [2.45, 2.75) is 32.2 Å². The number of amides is 1. The summed E-state index contributed by atoms with van der Waals surface area (Å²) in [6, 6.07) is 16.4. The maximum absolute atomic E-state index is 14.0. The fourth-order valence-corrected chi connectivity index (χ4v) is 6.62. The van der Waals surface area contributed by atoms with Crippen LogP contribution in [0.5, 0.6) is 0 Å². The average Bonchev–Trinajstić information content (AvgIpc) is 3.45. The summed E-state index contributed by atoms with van der Waals surface area (Å²) in [7, 11) is 2.17. The molecule has 1 fully saturated rings. The number of benzene rings is 2. The van der Waals surface area contributed by atoms with Crippen LogP contribution in [0.15, 0.2) is 48.5 Å². The molecule has 2 aliphatic rings. The molecule has 0 N–H and O–H groups in total. The largest absolute Gasteiger partial charge is 0.306 e. The van der Waals surface area contributed by atoms with E-state index in [1.54, 1.807) is 0 Å². The van der Waals surface area contributed by atoms with E-state index >= 15 is 0 Å². The molecule has 1 saturated heterocycles. The summed E-state index contributed by atoms with van der Waals surface area (Å²) in [6.07, 6.45) is 0.989. The first kappa shape index (κ1) is 20.9. The minimum absolute atomic E-state index is 0.0976. The molecule has 2 atom stereocenters. The molecule has 0 radical (unpaired) electrons. The molecule has 6 rings (SSSR count). The minimum Gasteiger partial charge on any atom is -0.306 e. The Morgan fingerprint density at radius 2 is 1.91 bits per heavy atom. The van der Waals surface area contributed by atoms with Gasteiger partial charge in [0, 0.05) is 34.6 Å². The number of piperidine rings is 1. The number of anilines is 1. The maximum Gasteiger partial charge on any atom is 0.268 e. The van der Waals surface area contributed by atoms with Crippen molar-refractivity contribution in [2.75, 3.05) is 25.0 Å². The first-order chi connectivity index (χ1) is 15.9. The van der Waals surface area contributed by atoms with Crippen molar-refractivity contribution in [1.82, 2.24) is 14.7 Å². The highest BCUT2D eigenvalue weighted by molar-refractivity contribution is 7.20. The van der Waals surface area contributed by atoms with E-state index in [4.69, 9.17) is 16.7 Å². The number of fused-ring (bicyclic) bond motifs is 4. The van der Waals surface area contributed by atoms with Crippen LogP contribution in [0.25, 0.3) is 15.9 Å². The van der Waals surface area contributed by atoms with Crippen LogP contribution in [0.2, 0.25) is 5.02 Å². The molecule has 0 spiro atoms. The van der Waals surface area contributed by atoms with Gasteiger partial charge in [-0.15, -0.1) is 11.3 Å². The zero-order chi connectivity index (χ0) is 22.9. The summed E-state index contributed by atoms with van der Waals surface area (Å²) in [5.41, 5.74) is 5.49. The van der Waals surface area contributed by atoms with Crippen LogP contribution < -0.4 is 4.90 Å². The normalized spacial score (nSPS) is 20.3. The fraction of sp³-hybridized carbons (Fsp3) is 0.308. The van der Waals surface area contributed by atoms with Crippen LogP contribution in [0, 0.1) is 13.8 Å². The van der Waals surface area contributed by atoms with E-state index in [1.165, 1.54) is 22.5 Å². The van der Waals surface area contributed by atoms with Crippen molar-refractivity contribution in [2.24, 2.45) is 0 Å². The van der Waals surface area contributed by atoms with Crippen molar-refractivity contribution >= 4 is 44.7 Å². The number of aromatic nitrogens is 2. The van der Waals surface area contributed by atoms with E-state index in [0.29, 0.717) is 10.9 Å². The predicted octanol–water partition coefficient (Wildman–Crippen LogP) is 5.81. The zero-order valence-electron chi connectivity index (χ0n) is 18.9. The van der Waals surface area contributed by atoms with Crippen molar-refractivity contribution < 1.29 is 4.79 Å². The lowest BCUT2D eigenvalue weighted by Crippen LogP contribution is -2.47. The van der Waals surface area contributed by atoms with Crippen LogP contribution in [0.3, 0.4) is 0 Å². The number of carbonyl (C=O) groups excluding carboxylic acids is 1. The van der Waals surface area contributed by atoms with E-state index in [2.05, 4.69) is 42.0 Å². The highest BCUT2D eigenvalue weighted by atomic mass is 35.5. The van der Waals surface area contributed by atoms with E-state index < -0.39 is 0 Å². The lowest BCUT2D eigenvalue weighted by molar-refractivity contribution is 0.0968. The number of likely N-dealkylation sites (N-methyl/N-ethyl adjacent to an activating group) is 1. The number of halogens is 1. The van der Waals surface area contributed by atoms with Crippen LogP contribution in [0.4, 0.5) is 5.69 Å². The molecule has 1 amide bonds. The molecular formula is C26H25ClN4OS. The molecule has 7 heteroatoms. The van der Waals surface area contributed by atoms with Crippen LogP contribution in [-0.4, -0.2) is 46.8 Å². The second-order valence-corrected chi connectivity index (χ2v) is 10.7. The van der Waals surface area contributed by atoms with Gasteiger partial charge < -0.3 is 9.80 Å². The molecule has 168 valence electrons. The van der Waals surface area contributed by atoms with Gasteiger partial charge in [0.1, 0.15) is 4.83 Å². The molecule has 2 aliphatic heterocycles. The maximum atomic E-state index is 14.0. The smallest absolute Gasteiger partial charge is 0.268 e. The Hall–Kier alpha value is -2.67. The Balaban J connectivity index is 1.43. The van der Waals surface area contributed by atoms with E-state index in [9.17, 15) is 4.79 Å². The standard InChI is InChI=1S/C26H25ClN4OS/c1-15-4-9-22-20(12-15)21-14-29(3)11-10-23(21)30(22)25(32)24-13-19-16(2)28-31(26(19)33-24)18-7-5-17(27)6-8-18/h4-9,12-13,21,23H,10-11,14H2,1-3H3/t21-,23+/m0/s1. The molecule has 33 heavy (non-hydrogen) atoms. The highest BCUT2D eigenvalue weighted by Crippen LogP contribution is 2.46. The van der Waals surface area contributed by atoms with Crippen molar-refractivity contribution in [3.8, 4) is 5.69 Å². The third kappa shape index (κ3) is 3.31. The van der Waals surface area contributed by atoms with Gasteiger partial charge in [-0.25, -0.2) is 4.68 Å². The summed E-state index contributed by atoms with van der Waals surface area (Å²) < 4.78 is 1.92. The SMILES string of the molecule is Cc1ccc2c(c1)[C@@H]1CN(C)CC[C@H]1N2C(=O)c1cc2c(C)nn(-c3ccc(Cl)cc3)c2s1. The Labute approximate surface area is 202 Å². The molecule has 2 aromatic heterocycles. The van der Waals surface area contributed by atoms with E-state index in [-0.39, 0.29) is 11.9 Å². The second-order valence-electron chi connectivity index (χ2n) is 9.27. The highest BCUT2D eigenvalue weighted by Gasteiger charge is 2.44. The predicted molar refractivity (Wildman–Crippen MR) is 135 cm³/mol. The van der Waals surface area contributed by atoms with Gasteiger partial charge in [-0.05, 0) is 75.8 Å². The van der Waals surface area contributed by atoms with Gasteiger partial charge in [0.25, 0.3) is 5.91 Å². The molecular weight excluding hydrogens is 452 g/mol. The van der Waals surface area contributed by atoms with Crippen molar-refractivity contribution in [3.05, 3.63) is 75.3 Å². The zero-order valence-corrected chi connectivity index (χ0v) is 20.5. The second kappa shape index (κ2) is 7.69. The summed E-state index contributed by atoms with van der Waals surface area (Å²) in [5.74, 6) is 0.462. The Morgan fingerprint density at radius 1 is 1.12 bits per heavy atom. The Bertz CT molecular complexity index is 1390. The number of thiophene rings is 1. The number of aryl methyl sites for hydroxylation is 2. The number of carbonyl (C=O) groups is 1. The number of nitrogens with zero attached hydrogens (tertiary/aromatic N) is 4. The van der Waals surface area contributed by atoms with Gasteiger partial charge >= 0.3 is 0 Å². The van der Waals surface area contributed by atoms with Gasteiger partial charge in [0.05, 0.1) is 16.3 Å². The van der Waals surface area contributed by atoms with Gasteiger partial charge in [0.2, 0.25) is 0 Å². The van der Waals surface area contributed by atoms with Gasteiger partial charge in [0.15, 0.2) is 0 Å². The lowest BCUT2D eigenvalue weighted by atomic mass is 9.89.